The van der Waals surface area contributed by atoms with E-state index in [1.165, 1.54) is 12.3 Å². The van der Waals surface area contributed by atoms with Crippen molar-refractivity contribution < 1.29 is 12.6 Å². The molecule has 0 saturated heterocycles. The monoisotopic (exact) mass is 435 g/mol. The van der Waals surface area contributed by atoms with Crippen LogP contribution in [0, 0.1) is 0 Å². The molecule has 1 aromatic carbocycles. The van der Waals surface area contributed by atoms with Gasteiger partial charge in [0.2, 0.25) is 5.82 Å². The van der Waals surface area contributed by atoms with Crippen LogP contribution in [0.1, 0.15) is 6.92 Å². The number of H-pyrrole nitrogens is 1. The van der Waals surface area contributed by atoms with Crippen molar-refractivity contribution in [3.05, 3.63) is 30.5 Å². The number of nitrogen functional groups attached to an aromatic ring is 1. The standard InChI is InChI=1S/C15H17N9O3S2/c1-8(6-16)21-28(25)11-4-3-10(9-2-5-12(17)18-7-9)13(15-19-22-23-20-15)14(11)29(26,27)24-28/h2-5,7-8H,6,16H2,1H3,(H2,17,18)(H,21,24,25)(H,19,20,22,23)/t8-,28?/m1/s1. The smallest absolute Gasteiger partial charge is 0.293 e. The van der Waals surface area contributed by atoms with Crippen molar-refractivity contribution in [1.82, 2.24) is 30.3 Å². The van der Waals surface area contributed by atoms with Crippen LogP contribution in [0.4, 0.5) is 5.82 Å². The molecule has 0 fully saturated rings. The molecule has 1 aliphatic rings. The third kappa shape index (κ3) is 3.25. The molecule has 4 rings (SSSR count). The highest BCUT2D eigenvalue weighted by atomic mass is 32.3. The number of aromatic nitrogens is 5. The quantitative estimate of drug-likeness (QED) is 0.423. The van der Waals surface area contributed by atoms with Crippen LogP contribution in [0.25, 0.3) is 22.5 Å². The number of fused-ring (bicyclic) bond motifs is 1. The van der Waals surface area contributed by atoms with Crippen LogP contribution < -0.4 is 16.2 Å². The Morgan fingerprint density at radius 2 is 2.00 bits per heavy atom. The first kappa shape index (κ1) is 19.4. The average Bonchev–Trinajstić information content (AvgIpc) is 3.27. The predicted octanol–water partition coefficient (Wildman–Crippen LogP) is -0.108. The van der Waals surface area contributed by atoms with E-state index in [0.717, 1.165) is 0 Å². The van der Waals surface area contributed by atoms with Crippen LogP contribution >= 0.6 is 0 Å². The van der Waals surface area contributed by atoms with E-state index in [1.807, 2.05) is 0 Å². The molecule has 1 aliphatic heterocycles. The van der Waals surface area contributed by atoms with Gasteiger partial charge in [-0.15, -0.1) is 10.2 Å². The van der Waals surface area contributed by atoms with Gasteiger partial charge in [0.05, 0.1) is 10.5 Å². The van der Waals surface area contributed by atoms with Crippen molar-refractivity contribution in [3.8, 4) is 22.5 Å². The van der Waals surface area contributed by atoms with Crippen molar-refractivity contribution in [2.24, 2.45) is 9.50 Å². The summed E-state index contributed by atoms with van der Waals surface area (Å²) >= 11 is 0. The second-order valence-corrected chi connectivity index (χ2v) is 10.0. The fourth-order valence-corrected chi connectivity index (χ4v) is 7.66. The summed E-state index contributed by atoms with van der Waals surface area (Å²) in [5, 5.41) is 13.7. The summed E-state index contributed by atoms with van der Waals surface area (Å²) in [6.07, 6.45) is 1.49. The van der Waals surface area contributed by atoms with Gasteiger partial charge < -0.3 is 11.5 Å². The van der Waals surface area contributed by atoms with E-state index >= 15 is 0 Å². The van der Waals surface area contributed by atoms with E-state index < -0.39 is 26.0 Å². The molecule has 2 aromatic heterocycles. The highest BCUT2D eigenvalue weighted by Crippen LogP contribution is 2.43. The number of nitrogens with zero attached hydrogens (tertiary/aromatic N) is 5. The average molecular weight is 435 g/mol. The van der Waals surface area contributed by atoms with Gasteiger partial charge in [0.15, 0.2) is 9.92 Å². The zero-order valence-electron chi connectivity index (χ0n) is 15.1. The van der Waals surface area contributed by atoms with Gasteiger partial charge in [0, 0.05) is 24.3 Å². The van der Waals surface area contributed by atoms with Crippen LogP contribution in [0.5, 0.6) is 0 Å². The van der Waals surface area contributed by atoms with Crippen LogP contribution in [0.15, 0.2) is 44.0 Å². The van der Waals surface area contributed by atoms with Crippen molar-refractivity contribution in [2.45, 2.75) is 22.8 Å². The molecule has 14 heteroatoms. The summed E-state index contributed by atoms with van der Waals surface area (Å²) in [4.78, 5) is 3.82. The highest BCUT2D eigenvalue weighted by molar-refractivity contribution is 8.05. The van der Waals surface area contributed by atoms with Gasteiger partial charge in [-0.3, -0.25) is 0 Å². The Morgan fingerprint density at radius 1 is 1.21 bits per heavy atom. The Balaban J connectivity index is 2.04. The topological polar surface area (TPSA) is 195 Å². The number of aromatic amines is 1. The van der Waals surface area contributed by atoms with Gasteiger partial charge in [-0.05, 0) is 35.9 Å². The van der Waals surface area contributed by atoms with Crippen molar-refractivity contribution in [2.75, 3.05) is 12.3 Å². The molecule has 2 atom stereocenters. The minimum absolute atomic E-state index is 0.0166. The Bertz CT molecular complexity index is 1300. The molecule has 0 radical (unpaired) electrons. The summed E-state index contributed by atoms with van der Waals surface area (Å²) in [6, 6.07) is 5.90. The molecule has 12 nitrogen and oxygen atoms in total. The lowest BCUT2D eigenvalue weighted by molar-refractivity contribution is 0.598. The molecule has 0 spiro atoms. The molecule has 0 amide bonds. The molecule has 29 heavy (non-hydrogen) atoms. The maximum atomic E-state index is 13.4. The zero-order chi connectivity index (χ0) is 20.8. The van der Waals surface area contributed by atoms with Crippen molar-refractivity contribution in [1.29, 1.82) is 0 Å². The summed E-state index contributed by atoms with van der Waals surface area (Å²) in [6.45, 7) is 1.83. The van der Waals surface area contributed by atoms with Crippen molar-refractivity contribution >= 4 is 25.8 Å². The number of nitrogens with one attached hydrogen (secondary N) is 2. The molecule has 0 aliphatic carbocycles. The predicted molar refractivity (Wildman–Crippen MR) is 105 cm³/mol. The van der Waals surface area contributed by atoms with Crippen LogP contribution in [0.3, 0.4) is 0 Å². The summed E-state index contributed by atoms with van der Waals surface area (Å²) in [5.41, 5.74) is 12.4. The fourth-order valence-electron chi connectivity index (χ4n) is 2.95. The van der Waals surface area contributed by atoms with Gasteiger partial charge in [0.25, 0.3) is 10.0 Å². The lowest BCUT2D eigenvalue weighted by atomic mass is 10.0. The van der Waals surface area contributed by atoms with E-state index in [4.69, 9.17) is 11.5 Å². The second kappa shape index (κ2) is 6.84. The molecule has 0 saturated carbocycles. The third-order valence-electron chi connectivity index (χ3n) is 4.26. The normalized spacial score (nSPS) is 20.8. The van der Waals surface area contributed by atoms with Crippen molar-refractivity contribution in [3.63, 3.8) is 0 Å². The SMILES string of the molecule is C[C@H](CN)NS1(=O)=NS(=O)(=O)c2c1ccc(-c1ccc(N)nc1)c2-c1nn[nH]n1. The summed E-state index contributed by atoms with van der Waals surface area (Å²) in [5.74, 6) is 0.324. The number of rotatable bonds is 5. The van der Waals surface area contributed by atoms with E-state index in [2.05, 4.69) is 34.1 Å². The lowest BCUT2D eigenvalue weighted by Gasteiger charge is -2.15. The maximum absolute atomic E-state index is 13.4. The summed E-state index contributed by atoms with van der Waals surface area (Å²) < 4.78 is 45.7. The molecule has 3 heterocycles. The largest absolute Gasteiger partial charge is 0.384 e. The molecule has 6 N–H and O–H groups in total. The maximum Gasteiger partial charge on any atom is 0.293 e. The lowest BCUT2D eigenvalue weighted by Crippen LogP contribution is -2.37. The molecule has 3 aromatic rings. The molecular formula is C15H17N9O3S2. The van der Waals surface area contributed by atoms with E-state index in [9.17, 15) is 12.6 Å². The number of pyridine rings is 1. The minimum atomic E-state index is -4.28. The summed E-state index contributed by atoms with van der Waals surface area (Å²) in [7, 11) is -7.75. The Labute approximate surface area is 166 Å². The number of hydrogen-bond acceptors (Lipinski definition) is 9. The van der Waals surface area contributed by atoms with Crippen LogP contribution in [0.2, 0.25) is 0 Å². The van der Waals surface area contributed by atoms with Crippen LogP contribution in [-0.2, 0) is 19.9 Å². The number of sulfonamides is 1. The zero-order valence-corrected chi connectivity index (χ0v) is 16.7. The van der Waals surface area contributed by atoms with Gasteiger partial charge in [-0.1, -0.05) is 9.83 Å². The fraction of sp³-hybridized carbons (Fsp3) is 0.200. The Morgan fingerprint density at radius 3 is 2.62 bits per heavy atom. The number of benzene rings is 1. The van der Waals surface area contributed by atoms with Gasteiger partial charge in [-0.25, -0.2) is 13.9 Å². The minimum Gasteiger partial charge on any atom is -0.384 e. The Hall–Kier alpha value is -2.94. The highest BCUT2D eigenvalue weighted by Gasteiger charge is 2.39. The molecule has 1 unspecified atom stereocenters. The third-order valence-corrected chi connectivity index (χ3v) is 8.61. The number of nitrogens with two attached hydrogens (primary N) is 2. The van der Waals surface area contributed by atoms with Crippen LogP contribution in [-0.4, -0.2) is 50.8 Å². The van der Waals surface area contributed by atoms with E-state index in [1.54, 1.807) is 25.1 Å². The molecule has 0 bridgehead atoms. The van der Waals surface area contributed by atoms with E-state index in [0.29, 0.717) is 16.9 Å². The first-order valence-corrected chi connectivity index (χ1v) is 11.3. The first-order chi connectivity index (χ1) is 13.7. The number of hydrogen-bond donors (Lipinski definition) is 4. The molecular weight excluding hydrogens is 418 g/mol. The number of tetrazole rings is 1. The number of anilines is 1. The van der Waals surface area contributed by atoms with Gasteiger partial charge in [-0.2, -0.15) is 13.6 Å². The molecule has 152 valence electrons. The Kier molecular flexibility index (Phi) is 4.57. The van der Waals surface area contributed by atoms with Gasteiger partial charge >= 0.3 is 0 Å². The van der Waals surface area contributed by atoms with Gasteiger partial charge in [0.1, 0.15) is 10.7 Å². The first-order valence-electron chi connectivity index (χ1n) is 8.38. The van der Waals surface area contributed by atoms with E-state index in [-0.39, 0.29) is 27.7 Å². The second-order valence-electron chi connectivity index (χ2n) is 6.35.